The molecule has 4 heteroatoms. The molecule has 0 saturated carbocycles. The van der Waals surface area contributed by atoms with Crippen LogP contribution in [0.2, 0.25) is 0 Å². The summed E-state index contributed by atoms with van der Waals surface area (Å²) in [5, 5.41) is 9.41. The Balaban J connectivity index is 2.67. The summed E-state index contributed by atoms with van der Waals surface area (Å²) in [4.78, 5) is 4.38. The van der Waals surface area contributed by atoms with Gasteiger partial charge in [-0.1, -0.05) is 25.5 Å². The zero-order chi connectivity index (χ0) is 15.4. The van der Waals surface area contributed by atoms with Gasteiger partial charge in [-0.15, -0.1) is 0 Å². The maximum Gasteiger partial charge on any atom is 0.142 e. The quantitative estimate of drug-likeness (QED) is 0.931. The van der Waals surface area contributed by atoms with Crippen LogP contribution in [0.3, 0.4) is 0 Å². The molecular weight excluding hydrogens is 262 g/mol. The van der Waals surface area contributed by atoms with Crippen LogP contribution in [0.4, 0.5) is 5.82 Å². The minimum absolute atomic E-state index is 0.303. The van der Waals surface area contributed by atoms with Crippen molar-refractivity contribution in [1.29, 1.82) is 5.26 Å². The van der Waals surface area contributed by atoms with E-state index in [1.807, 2.05) is 31.2 Å². The summed E-state index contributed by atoms with van der Waals surface area (Å²) in [5.74, 6) is 1.09. The van der Waals surface area contributed by atoms with E-state index in [0.717, 1.165) is 41.0 Å². The number of nitrogens with two attached hydrogens (primary N) is 1. The molecule has 0 bridgehead atoms. The molecule has 0 fully saturated rings. The van der Waals surface area contributed by atoms with Crippen LogP contribution in [-0.4, -0.2) is 12.1 Å². The first-order valence-corrected chi connectivity index (χ1v) is 6.95. The number of anilines is 1. The first-order valence-electron chi connectivity index (χ1n) is 6.95. The highest BCUT2D eigenvalue weighted by Crippen LogP contribution is 2.33. The van der Waals surface area contributed by atoms with Gasteiger partial charge in [-0.2, -0.15) is 5.26 Å². The summed E-state index contributed by atoms with van der Waals surface area (Å²) in [6.45, 7) is 4.10. The van der Waals surface area contributed by atoms with Gasteiger partial charge in [0.05, 0.1) is 7.11 Å². The van der Waals surface area contributed by atoms with Crippen LogP contribution < -0.4 is 10.5 Å². The summed E-state index contributed by atoms with van der Waals surface area (Å²) >= 11 is 0. The van der Waals surface area contributed by atoms with Crippen LogP contribution in [0.25, 0.3) is 11.1 Å². The highest BCUT2D eigenvalue weighted by atomic mass is 16.5. The zero-order valence-corrected chi connectivity index (χ0v) is 12.6. The SMILES string of the molecule is CCCc1nc(N)c(C#N)c(-c2ccc(OC)cc2)c1C. The van der Waals surface area contributed by atoms with Crippen LogP contribution in [0.1, 0.15) is 30.2 Å². The van der Waals surface area contributed by atoms with Crippen LogP contribution >= 0.6 is 0 Å². The average molecular weight is 281 g/mol. The van der Waals surface area contributed by atoms with E-state index in [1.165, 1.54) is 0 Å². The second-order valence-corrected chi connectivity index (χ2v) is 4.91. The number of hydrogen-bond donors (Lipinski definition) is 1. The van der Waals surface area contributed by atoms with E-state index in [1.54, 1.807) is 7.11 Å². The number of rotatable bonds is 4. The van der Waals surface area contributed by atoms with Gasteiger partial charge in [-0.05, 0) is 36.6 Å². The second-order valence-electron chi connectivity index (χ2n) is 4.91. The molecule has 0 aliphatic carbocycles. The molecule has 1 heterocycles. The lowest BCUT2D eigenvalue weighted by molar-refractivity contribution is 0.415. The van der Waals surface area contributed by atoms with E-state index in [4.69, 9.17) is 10.5 Å². The fourth-order valence-corrected chi connectivity index (χ4v) is 2.46. The molecule has 0 atom stereocenters. The van der Waals surface area contributed by atoms with Gasteiger partial charge >= 0.3 is 0 Å². The number of hydrogen-bond acceptors (Lipinski definition) is 4. The van der Waals surface area contributed by atoms with Crippen molar-refractivity contribution >= 4 is 5.82 Å². The topological polar surface area (TPSA) is 71.9 Å². The molecule has 2 N–H and O–H groups in total. The van der Waals surface area contributed by atoms with Crippen LogP contribution in [0.5, 0.6) is 5.75 Å². The number of pyridine rings is 1. The van der Waals surface area contributed by atoms with Gasteiger partial charge in [-0.3, -0.25) is 0 Å². The summed E-state index contributed by atoms with van der Waals surface area (Å²) in [6.07, 6.45) is 1.84. The zero-order valence-electron chi connectivity index (χ0n) is 12.6. The second kappa shape index (κ2) is 6.27. The molecule has 1 aromatic heterocycles. The van der Waals surface area contributed by atoms with Crippen molar-refractivity contribution in [2.45, 2.75) is 26.7 Å². The number of aryl methyl sites for hydroxylation is 1. The van der Waals surface area contributed by atoms with Crippen molar-refractivity contribution in [3.8, 4) is 22.9 Å². The minimum Gasteiger partial charge on any atom is -0.497 e. The van der Waals surface area contributed by atoms with Crippen molar-refractivity contribution in [2.24, 2.45) is 0 Å². The summed E-state index contributed by atoms with van der Waals surface area (Å²) in [7, 11) is 1.63. The van der Waals surface area contributed by atoms with Crippen molar-refractivity contribution in [3.05, 3.63) is 41.1 Å². The third kappa shape index (κ3) is 2.82. The van der Waals surface area contributed by atoms with Crippen molar-refractivity contribution in [3.63, 3.8) is 0 Å². The lowest BCUT2D eigenvalue weighted by atomic mass is 9.94. The Morgan fingerprint density at radius 2 is 1.95 bits per heavy atom. The summed E-state index contributed by atoms with van der Waals surface area (Å²) in [5.41, 5.74) is 10.2. The third-order valence-electron chi connectivity index (χ3n) is 3.55. The Bertz CT molecular complexity index is 685. The lowest BCUT2D eigenvalue weighted by Gasteiger charge is -2.14. The molecule has 0 aliphatic heterocycles. The Morgan fingerprint density at radius 1 is 1.29 bits per heavy atom. The summed E-state index contributed by atoms with van der Waals surface area (Å²) < 4.78 is 5.18. The van der Waals surface area contributed by atoms with Crippen LogP contribution in [-0.2, 0) is 6.42 Å². The lowest BCUT2D eigenvalue weighted by Crippen LogP contribution is -2.05. The Morgan fingerprint density at radius 3 is 2.48 bits per heavy atom. The number of methoxy groups -OCH3 is 1. The monoisotopic (exact) mass is 281 g/mol. The maximum absolute atomic E-state index is 9.41. The predicted octanol–water partition coefficient (Wildman–Crippen LogP) is 3.47. The standard InChI is InChI=1S/C17H19N3O/c1-4-5-15-11(2)16(14(10-18)17(19)20-15)12-6-8-13(21-3)9-7-12/h6-9H,4-5H2,1-3H3,(H2,19,20). The third-order valence-corrected chi connectivity index (χ3v) is 3.55. The molecule has 21 heavy (non-hydrogen) atoms. The molecule has 0 unspecified atom stereocenters. The van der Waals surface area contributed by atoms with Crippen molar-refractivity contribution < 1.29 is 4.74 Å². The van der Waals surface area contributed by atoms with Gasteiger partial charge in [0.25, 0.3) is 0 Å². The van der Waals surface area contributed by atoms with Crippen molar-refractivity contribution in [1.82, 2.24) is 4.98 Å². The first kappa shape index (κ1) is 14.9. The van der Waals surface area contributed by atoms with Crippen LogP contribution in [0.15, 0.2) is 24.3 Å². The Hall–Kier alpha value is -2.54. The Kier molecular flexibility index (Phi) is 4.44. The molecule has 0 aliphatic rings. The van der Waals surface area contributed by atoms with Gasteiger partial charge < -0.3 is 10.5 Å². The molecule has 0 amide bonds. The maximum atomic E-state index is 9.41. The fraction of sp³-hybridized carbons (Fsp3) is 0.294. The van der Waals surface area contributed by atoms with E-state index in [9.17, 15) is 5.26 Å². The number of benzene rings is 1. The van der Waals surface area contributed by atoms with E-state index in [-0.39, 0.29) is 0 Å². The Labute approximate surface area is 125 Å². The van der Waals surface area contributed by atoms with Crippen LogP contribution in [0, 0.1) is 18.3 Å². The molecule has 0 saturated heterocycles. The molecule has 1 aromatic carbocycles. The predicted molar refractivity (Wildman–Crippen MR) is 84.1 cm³/mol. The number of ether oxygens (including phenoxy) is 1. The molecule has 0 radical (unpaired) electrons. The molecule has 4 nitrogen and oxygen atoms in total. The normalized spacial score (nSPS) is 10.2. The molecular formula is C17H19N3O. The smallest absolute Gasteiger partial charge is 0.142 e. The molecule has 2 rings (SSSR count). The summed E-state index contributed by atoms with van der Waals surface area (Å²) in [6, 6.07) is 9.83. The number of nitrogen functional groups attached to an aromatic ring is 1. The number of nitriles is 1. The van der Waals surface area contributed by atoms with E-state index in [0.29, 0.717) is 11.4 Å². The molecule has 0 spiro atoms. The minimum atomic E-state index is 0.303. The molecule has 108 valence electrons. The van der Waals surface area contributed by atoms with Gasteiger partial charge in [0.1, 0.15) is 23.2 Å². The van der Waals surface area contributed by atoms with E-state index < -0.39 is 0 Å². The first-order chi connectivity index (χ1) is 10.1. The van der Waals surface area contributed by atoms with E-state index >= 15 is 0 Å². The highest BCUT2D eigenvalue weighted by Gasteiger charge is 2.16. The van der Waals surface area contributed by atoms with E-state index in [2.05, 4.69) is 18.0 Å². The number of nitrogens with zero attached hydrogens (tertiary/aromatic N) is 2. The fourth-order valence-electron chi connectivity index (χ4n) is 2.46. The number of aromatic nitrogens is 1. The van der Waals surface area contributed by atoms with Gasteiger partial charge in [0.2, 0.25) is 0 Å². The van der Waals surface area contributed by atoms with Gasteiger partial charge in [0.15, 0.2) is 0 Å². The average Bonchev–Trinajstić information content (AvgIpc) is 2.50. The van der Waals surface area contributed by atoms with Crippen molar-refractivity contribution in [2.75, 3.05) is 12.8 Å². The molecule has 2 aromatic rings. The van der Waals surface area contributed by atoms with Gasteiger partial charge in [0, 0.05) is 11.3 Å². The van der Waals surface area contributed by atoms with Gasteiger partial charge in [-0.25, -0.2) is 4.98 Å². The highest BCUT2D eigenvalue weighted by molar-refractivity contribution is 5.79. The largest absolute Gasteiger partial charge is 0.497 e.